The molecule has 3 heterocycles. The van der Waals surface area contributed by atoms with Crippen LogP contribution in [0.1, 0.15) is 0 Å². The molecule has 1 aliphatic rings. The first-order valence-electron chi connectivity index (χ1n) is 9.09. The summed E-state index contributed by atoms with van der Waals surface area (Å²) in [6, 6.07) is 7.71. The number of ether oxygens (including phenoxy) is 5. The van der Waals surface area contributed by atoms with Gasteiger partial charge in [-0.25, -0.2) is 0 Å². The third kappa shape index (κ3) is 4.27. The van der Waals surface area contributed by atoms with Gasteiger partial charge in [0.15, 0.2) is 0 Å². The number of fused-ring (bicyclic) bond motifs is 2. The van der Waals surface area contributed by atoms with Gasteiger partial charge in [-0.1, -0.05) is 0 Å². The maximum absolute atomic E-state index is 5.90. The minimum Gasteiger partial charge on any atom is -0.490 e. The molecule has 0 saturated heterocycles. The molecule has 2 aromatic heterocycles. The Morgan fingerprint density at radius 3 is 1.37 bits per heavy atom. The van der Waals surface area contributed by atoms with Gasteiger partial charge in [0.1, 0.15) is 35.7 Å². The number of pyridine rings is 2. The van der Waals surface area contributed by atoms with E-state index in [9.17, 15) is 0 Å². The quantitative estimate of drug-likeness (QED) is 0.563. The molecule has 0 unspecified atom stereocenters. The van der Waals surface area contributed by atoms with Crippen molar-refractivity contribution in [2.75, 3.05) is 52.9 Å². The predicted octanol–water partition coefficient (Wildman–Crippen LogP) is 2.60. The second-order valence-electron chi connectivity index (χ2n) is 6.01. The Morgan fingerprint density at radius 1 is 0.519 bits per heavy atom. The van der Waals surface area contributed by atoms with Crippen molar-refractivity contribution in [3.63, 3.8) is 0 Å². The van der Waals surface area contributed by atoms with Crippen LogP contribution in [0.25, 0.3) is 21.8 Å². The maximum atomic E-state index is 5.90. The summed E-state index contributed by atoms with van der Waals surface area (Å²) in [5.74, 6) is 1.53. The van der Waals surface area contributed by atoms with Crippen LogP contribution in [0.15, 0.2) is 36.7 Å². The number of hydrogen-bond donors (Lipinski definition) is 0. The van der Waals surface area contributed by atoms with Crippen molar-refractivity contribution in [2.45, 2.75) is 0 Å². The highest BCUT2D eigenvalue weighted by atomic mass is 16.6. The Balaban J connectivity index is 1.66. The van der Waals surface area contributed by atoms with Gasteiger partial charge in [0.25, 0.3) is 0 Å². The van der Waals surface area contributed by atoms with Crippen LogP contribution in [0, 0.1) is 0 Å². The molecule has 1 aliphatic heterocycles. The zero-order chi connectivity index (χ0) is 18.3. The lowest BCUT2D eigenvalue weighted by atomic mass is 10.1. The standard InChI is InChI=1S/C20H22N2O5/c1-2-16-18-4-6-22-20(16)19-15(1)17(3-5-21-19)26-13-11-24-9-7-23-8-10-25-12-14-27-18/h1-6H,7-14H2. The van der Waals surface area contributed by atoms with E-state index in [2.05, 4.69) is 9.97 Å². The smallest absolute Gasteiger partial charge is 0.130 e. The fourth-order valence-corrected chi connectivity index (χ4v) is 2.99. The molecule has 0 atom stereocenters. The molecular weight excluding hydrogens is 348 g/mol. The van der Waals surface area contributed by atoms with Gasteiger partial charge >= 0.3 is 0 Å². The van der Waals surface area contributed by atoms with Gasteiger partial charge < -0.3 is 23.7 Å². The van der Waals surface area contributed by atoms with Crippen molar-refractivity contribution in [1.82, 2.24) is 9.97 Å². The zero-order valence-electron chi connectivity index (χ0n) is 15.1. The van der Waals surface area contributed by atoms with Crippen LogP contribution >= 0.6 is 0 Å². The van der Waals surface area contributed by atoms with Gasteiger partial charge in [-0.2, -0.15) is 0 Å². The first-order valence-corrected chi connectivity index (χ1v) is 9.09. The number of nitrogens with zero attached hydrogens (tertiary/aromatic N) is 2. The third-order valence-electron chi connectivity index (χ3n) is 4.26. The lowest BCUT2D eigenvalue weighted by Crippen LogP contribution is -2.14. The molecule has 2 bridgehead atoms. The van der Waals surface area contributed by atoms with E-state index in [-0.39, 0.29) is 0 Å². The van der Waals surface area contributed by atoms with Gasteiger partial charge in [0.2, 0.25) is 0 Å². The van der Waals surface area contributed by atoms with Crippen molar-refractivity contribution in [3.8, 4) is 11.5 Å². The monoisotopic (exact) mass is 370 g/mol. The van der Waals surface area contributed by atoms with Crippen LogP contribution in [0.2, 0.25) is 0 Å². The number of benzene rings is 1. The average molecular weight is 370 g/mol. The first-order chi connectivity index (χ1) is 13.4. The van der Waals surface area contributed by atoms with Crippen LogP contribution in [-0.4, -0.2) is 62.8 Å². The van der Waals surface area contributed by atoms with Crippen molar-refractivity contribution < 1.29 is 23.7 Å². The largest absolute Gasteiger partial charge is 0.490 e. The maximum Gasteiger partial charge on any atom is 0.130 e. The summed E-state index contributed by atoms with van der Waals surface area (Å²) in [4.78, 5) is 9.03. The molecule has 0 amide bonds. The number of hydrogen-bond acceptors (Lipinski definition) is 7. The van der Waals surface area contributed by atoms with Crippen molar-refractivity contribution in [3.05, 3.63) is 36.7 Å². The van der Waals surface area contributed by atoms with Gasteiger partial charge in [-0.15, -0.1) is 0 Å². The number of aromatic nitrogens is 2. The van der Waals surface area contributed by atoms with Crippen molar-refractivity contribution in [1.29, 1.82) is 0 Å². The van der Waals surface area contributed by atoms with Crippen LogP contribution in [-0.2, 0) is 14.2 Å². The van der Waals surface area contributed by atoms with Crippen LogP contribution in [0.3, 0.4) is 0 Å². The summed E-state index contributed by atoms with van der Waals surface area (Å²) in [5, 5.41) is 1.83. The molecule has 27 heavy (non-hydrogen) atoms. The summed E-state index contributed by atoms with van der Waals surface area (Å²) in [7, 11) is 0. The van der Waals surface area contributed by atoms with Gasteiger partial charge in [0, 0.05) is 23.2 Å². The molecule has 0 spiro atoms. The molecule has 1 aromatic carbocycles. The summed E-state index contributed by atoms with van der Waals surface area (Å²) in [6.07, 6.45) is 3.47. The molecule has 3 aromatic rings. The summed E-state index contributed by atoms with van der Waals surface area (Å²) in [5.41, 5.74) is 1.58. The summed E-state index contributed by atoms with van der Waals surface area (Å²) in [6.45, 7) is 4.02. The van der Waals surface area contributed by atoms with Crippen molar-refractivity contribution >= 4 is 21.8 Å². The molecule has 142 valence electrons. The Hall–Kier alpha value is -2.48. The Bertz CT molecular complexity index is 829. The lowest BCUT2D eigenvalue weighted by Gasteiger charge is -2.12. The fraction of sp³-hybridized carbons (Fsp3) is 0.400. The molecule has 0 radical (unpaired) electrons. The zero-order valence-corrected chi connectivity index (χ0v) is 15.1. The lowest BCUT2D eigenvalue weighted by molar-refractivity contribution is 0.00513. The molecule has 4 rings (SSSR count). The van der Waals surface area contributed by atoms with E-state index in [1.807, 2.05) is 24.3 Å². The van der Waals surface area contributed by atoms with Gasteiger partial charge in [-0.05, 0) is 24.3 Å². The van der Waals surface area contributed by atoms with E-state index in [0.717, 1.165) is 33.3 Å². The van der Waals surface area contributed by atoms with Crippen LogP contribution < -0.4 is 9.47 Å². The predicted molar refractivity (Wildman–Crippen MR) is 100 cm³/mol. The molecule has 0 N–H and O–H groups in total. The van der Waals surface area contributed by atoms with Gasteiger partial charge in [0.05, 0.1) is 39.6 Å². The second-order valence-corrected chi connectivity index (χ2v) is 6.01. The third-order valence-corrected chi connectivity index (χ3v) is 4.26. The fourth-order valence-electron chi connectivity index (χ4n) is 2.99. The summed E-state index contributed by atoms with van der Waals surface area (Å²) >= 11 is 0. The normalized spacial score (nSPS) is 17.3. The molecule has 0 aliphatic carbocycles. The highest BCUT2D eigenvalue weighted by Crippen LogP contribution is 2.32. The van der Waals surface area contributed by atoms with Crippen molar-refractivity contribution in [2.24, 2.45) is 0 Å². The van der Waals surface area contributed by atoms with E-state index in [0.29, 0.717) is 52.9 Å². The minimum atomic E-state index is 0.455. The first kappa shape index (κ1) is 17.9. The average Bonchev–Trinajstić information content (AvgIpc) is 2.71. The second kappa shape index (κ2) is 8.94. The van der Waals surface area contributed by atoms with E-state index in [1.165, 1.54) is 0 Å². The highest BCUT2D eigenvalue weighted by Gasteiger charge is 2.11. The summed E-state index contributed by atoms with van der Waals surface area (Å²) < 4.78 is 28.3. The Kier molecular flexibility index (Phi) is 5.93. The topological polar surface area (TPSA) is 71.9 Å². The highest BCUT2D eigenvalue weighted by molar-refractivity contribution is 6.06. The van der Waals surface area contributed by atoms with Crippen LogP contribution in [0.4, 0.5) is 0 Å². The van der Waals surface area contributed by atoms with Crippen LogP contribution in [0.5, 0.6) is 11.5 Å². The molecule has 0 fully saturated rings. The Labute approximate surface area is 157 Å². The van der Waals surface area contributed by atoms with Gasteiger partial charge in [-0.3, -0.25) is 9.97 Å². The Morgan fingerprint density at radius 2 is 0.926 bits per heavy atom. The molecule has 7 heteroatoms. The number of rotatable bonds is 0. The van der Waals surface area contributed by atoms with E-state index in [4.69, 9.17) is 23.7 Å². The van der Waals surface area contributed by atoms with E-state index >= 15 is 0 Å². The molecule has 0 saturated carbocycles. The minimum absolute atomic E-state index is 0.455. The molecule has 7 nitrogen and oxygen atoms in total. The van der Waals surface area contributed by atoms with E-state index in [1.54, 1.807) is 12.4 Å². The molecular formula is C20H22N2O5. The van der Waals surface area contributed by atoms with E-state index < -0.39 is 0 Å². The SMILES string of the molecule is c1cc2c3ccc4c(ccnc4c3n1)OCCOCCOCCOCCO2.